The first-order valence-corrected chi connectivity index (χ1v) is 6.03. The van der Waals surface area contributed by atoms with E-state index >= 15 is 0 Å². The molecule has 0 bridgehead atoms. The number of fused-ring (bicyclic) bond motifs is 1. The number of rotatable bonds is 2. The van der Waals surface area contributed by atoms with Gasteiger partial charge in [-0.1, -0.05) is 23.0 Å². The van der Waals surface area contributed by atoms with Gasteiger partial charge in [0.2, 0.25) is 0 Å². The minimum absolute atomic E-state index is 0. The van der Waals surface area contributed by atoms with E-state index in [1.165, 1.54) is 0 Å². The van der Waals surface area contributed by atoms with Crippen LogP contribution in [0.25, 0.3) is 15.8 Å². The van der Waals surface area contributed by atoms with Crippen molar-refractivity contribution in [2.75, 3.05) is 6.26 Å². The molecule has 0 spiro atoms. The maximum absolute atomic E-state index is 11.0. The summed E-state index contributed by atoms with van der Waals surface area (Å²) in [5, 5.41) is 7.66. The molecule has 0 amide bonds. The number of hydrogen-bond donors (Lipinski definition) is 0. The average Bonchev–Trinajstić information content (AvgIpc) is 2.47. The van der Waals surface area contributed by atoms with Crippen LogP contribution in [0.5, 0.6) is 0 Å². The van der Waals surface area contributed by atoms with Gasteiger partial charge in [-0.3, -0.25) is 0 Å². The number of hydrogen-bond acceptors (Lipinski definition) is 4. The van der Waals surface area contributed by atoms with E-state index in [9.17, 15) is 8.42 Å². The Bertz CT molecular complexity index is 608. The third-order valence-electron chi connectivity index (χ3n) is 1.89. The van der Waals surface area contributed by atoms with Crippen molar-refractivity contribution in [2.45, 2.75) is 0 Å². The van der Waals surface area contributed by atoms with Crippen molar-refractivity contribution in [3.05, 3.63) is 22.9 Å². The first-order valence-electron chi connectivity index (χ1n) is 4.19. The number of sulfonamides is 1. The third kappa shape index (κ3) is 2.57. The van der Waals surface area contributed by atoms with Gasteiger partial charge in [-0.25, -0.2) is 13.1 Å². The monoisotopic (exact) mass is 289 g/mol. The molecule has 16 heavy (non-hydrogen) atoms. The zero-order valence-electron chi connectivity index (χ0n) is 8.95. The van der Waals surface area contributed by atoms with Gasteiger partial charge in [-0.2, -0.15) is 0 Å². The SMILES string of the molecule is Cn1nnc2c([N-]S(C)(=O)=O)cccc21.[Zn]. The zero-order chi connectivity index (χ0) is 11.1. The molecule has 0 saturated carbocycles. The topological polar surface area (TPSA) is 79.0 Å². The first kappa shape index (κ1) is 13.1. The number of aryl methyl sites for hydroxylation is 1. The van der Waals surface area contributed by atoms with E-state index in [-0.39, 0.29) is 19.5 Å². The van der Waals surface area contributed by atoms with Crippen LogP contribution in [0.15, 0.2) is 18.2 Å². The Balaban J connectivity index is 0.00000128. The number of benzene rings is 1. The molecule has 6 nitrogen and oxygen atoms in total. The van der Waals surface area contributed by atoms with Crippen molar-refractivity contribution in [1.82, 2.24) is 15.0 Å². The minimum atomic E-state index is -3.41. The molecule has 0 N–H and O–H groups in total. The fraction of sp³-hybridized carbons (Fsp3) is 0.250. The van der Waals surface area contributed by atoms with E-state index in [1.54, 1.807) is 29.9 Å². The van der Waals surface area contributed by atoms with E-state index in [0.29, 0.717) is 11.2 Å². The van der Waals surface area contributed by atoms with Gasteiger partial charge in [0.15, 0.2) is 0 Å². The molecule has 0 aliphatic carbocycles. The third-order valence-corrected chi connectivity index (χ3v) is 2.41. The van der Waals surface area contributed by atoms with Crippen LogP contribution in [0.1, 0.15) is 0 Å². The summed E-state index contributed by atoms with van der Waals surface area (Å²) in [7, 11) is -1.68. The Hall–Kier alpha value is -1.01. The summed E-state index contributed by atoms with van der Waals surface area (Å²) in [5.41, 5.74) is 1.56. The van der Waals surface area contributed by atoms with Gasteiger partial charge in [-0.15, -0.1) is 5.10 Å². The van der Waals surface area contributed by atoms with E-state index in [4.69, 9.17) is 0 Å². The van der Waals surface area contributed by atoms with Crippen LogP contribution in [0.3, 0.4) is 0 Å². The molecule has 8 heteroatoms. The molecule has 1 heterocycles. The Morgan fingerprint density at radius 2 is 2.06 bits per heavy atom. The van der Waals surface area contributed by atoms with Gasteiger partial charge >= 0.3 is 0 Å². The summed E-state index contributed by atoms with van der Waals surface area (Å²) in [6.07, 6.45) is 1.04. The van der Waals surface area contributed by atoms with Gasteiger partial charge in [0.25, 0.3) is 0 Å². The molecule has 1 aromatic carbocycles. The normalized spacial score (nSPS) is 11.1. The molecule has 0 aliphatic rings. The van der Waals surface area contributed by atoms with Crippen LogP contribution in [0.2, 0.25) is 0 Å². The predicted octanol–water partition coefficient (Wildman–Crippen LogP) is 0.931. The van der Waals surface area contributed by atoms with E-state index in [2.05, 4.69) is 15.0 Å². The van der Waals surface area contributed by atoms with Crippen LogP contribution in [-0.2, 0) is 36.5 Å². The Morgan fingerprint density at radius 1 is 1.38 bits per heavy atom. The predicted molar refractivity (Wildman–Crippen MR) is 56.4 cm³/mol. The molecular weight excluding hydrogens is 282 g/mol. The molecule has 0 radical (unpaired) electrons. The van der Waals surface area contributed by atoms with E-state index < -0.39 is 10.0 Å². The second-order valence-corrected chi connectivity index (χ2v) is 4.83. The first-order chi connectivity index (χ1) is 6.97. The Kier molecular flexibility index (Phi) is 3.65. The molecule has 2 aromatic rings. The fourth-order valence-electron chi connectivity index (χ4n) is 1.30. The maximum Gasteiger partial charge on any atom is 0.0985 e. The van der Waals surface area contributed by atoms with Gasteiger partial charge in [0.05, 0.1) is 21.1 Å². The molecule has 1 aromatic heterocycles. The molecule has 0 fully saturated rings. The molecular formula is C8H9N4O2SZn-. The maximum atomic E-state index is 11.0. The molecule has 0 unspecified atom stereocenters. The summed E-state index contributed by atoms with van der Waals surface area (Å²) in [6, 6.07) is 5.12. The second kappa shape index (κ2) is 4.47. The van der Waals surface area contributed by atoms with Crippen molar-refractivity contribution in [3.8, 4) is 0 Å². The molecule has 0 atom stereocenters. The van der Waals surface area contributed by atoms with Gasteiger partial charge in [0.1, 0.15) is 0 Å². The van der Waals surface area contributed by atoms with Crippen molar-refractivity contribution in [3.63, 3.8) is 0 Å². The standard InChI is InChI=1S/C8H9N4O2S.Zn/c1-12-7-5-3-4-6(8(7)9-11-12)10-15(2,13)14;/h3-5H,1-2H3;/q-1;. The minimum Gasteiger partial charge on any atom is -0.575 e. The second-order valence-electron chi connectivity index (χ2n) is 3.18. The Labute approximate surface area is 106 Å². The molecule has 0 aliphatic heterocycles. The van der Waals surface area contributed by atoms with E-state index in [0.717, 1.165) is 11.8 Å². The average molecular weight is 291 g/mol. The van der Waals surface area contributed by atoms with Crippen molar-refractivity contribution < 1.29 is 27.9 Å². The largest absolute Gasteiger partial charge is 0.575 e. The van der Waals surface area contributed by atoms with Gasteiger partial charge < -0.3 is 4.72 Å². The summed E-state index contributed by atoms with van der Waals surface area (Å²) in [5.74, 6) is 0. The Morgan fingerprint density at radius 3 is 2.69 bits per heavy atom. The van der Waals surface area contributed by atoms with Gasteiger partial charge in [0, 0.05) is 32.8 Å². The van der Waals surface area contributed by atoms with Crippen molar-refractivity contribution in [2.24, 2.45) is 7.05 Å². The summed E-state index contributed by atoms with van der Waals surface area (Å²) in [4.78, 5) is 0. The smallest absolute Gasteiger partial charge is 0.0985 e. The number of nitrogens with zero attached hydrogens (tertiary/aromatic N) is 4. The van der Waals surface area contributed by atoms with E-state index in [1.807, 2.05) is 0 Å². The van der Waals surface area contributed by atoms with Crippen molar-refractivity contribution >= 4 is 26.7 Å². The zero-order valence-corrected chi connectivity index (χ0v) is 12.7. The van der Waals surface area contributed by atoms with Crippen LogP contribution in [-0.4, -0.2) is 29.7 Å². The van der Waals surface area contributed by atoms with Crippen LogP contribution in [0.4, 0.5) is 5.69 Å². The van der Waals surface area contributed by atoms with Crippen molar-refractivity contribution in [1.29, 1.82) is 0 Å². The van der Waals surface area contributed by atoms with Crippen LogP contribution >= 0.6 is 0 Å². The summed E-state index contributed by atoms with van der Waals surface area (Å²) >= 11 is 0. The molecule has 0 saturated heterocycles. The van der Waals surface area contributed by atoms with Crippen LogP contribution in [0, 0.1) is 0 Å². The molecule has 2 rings (SSSR count). The summed E-state index contributed by atoms with van der Waals surface area (Å²) < 4.78 is 27.2. The fourth-order valence-corrected chi connectivity index (χ4v) is 1.80. The van der Waals surface area contributed by atoms with Crippen LogP contribution < -0.4 is 0 Å². The quantitative estimate of drug-likeness (QED) is 0.771. The molecule has 82 valence electrons. The van der Waals surface area contributed by atoms with Gasteiger partial charge in [-0.05, 0) is 6.07 Å². The number of aromatic nitrogens is 3. The summed E-state index contributed by atoms with van der Waals surface area (Å²) in [6.45, 7) is 0.